The van der Waals surface area contributed by atoms with Gasteiger partial charge in [-0.15, -0.1) is 0 Å². The Balaban J connectivity index is 2.95. The number of rotatable bonds is 2. The van der Waals surface area contributed by atoms with E-state index in [0.29, 0.717) is 5.56 Å². The number of alkyl halides is 3. The average Bonchev–Trinajstić information content (AvgIpc) is 2.15. The van der Waals surface area contributed by atoms with Gasteiger partial charge in [0.05, 0.1) is 7.11 Å². The van der Waals surface area contributed by atoms with Crippen molar-refractivity contribution in [2.45, 2.75) is 6.18 Å². The Bertz CT molecular complexity index is 329. The number of methoxy groups -OCH3 is 1. The van der Waals surface area contributed by atoms with Gasteiger partial charge < -0.3 is 4.74 Å². The lowest BCUT2D eigenvalue weighted by atomic mass is 10.2. The van der Waals surface area contributed by atoms with Gasteiger partial charge in [-0.25, -0.2) is 0 Å². The molecule has 1 aromatic heterocycles. The summed E-state index contributed by atoms with van der Waals surface area (Å²) in [5.74, 6) is 0.284. The van der Waals surface area contributed by atoms with Crippen LogP contribution in [-0.2, 0) is 10.9 Å². The van der Waals surface area contributed by atoms with E-state index in [2.05, 4.69) is 11.6 Å². The van der Waals surface area contributed by atoms with E-state index in [1.54, 1.807) is 0 Å². The quantitative estimate of drug-likeness (QED) is 0.689. The average molecular weight is 203 g/mol. The molecule has 5 heteroatoms. The van der Waals surface area contributed by atoms with Crippen LogP contribution in [0, 0.1) is 0 Å². The van der Waals surface area contributed by atoms with E-state index < -0.39 is 11.9 Å². The number of halogens is 3. The van der Waals surface area contributed by atoms with Crippen molar-refractivity contribution in [1.82, 2.24) is 4.98 Å². The smallest absolute Gasteiger partial charge is 0.433 e. The van der Waals surface area contributed by atoms with Gasteiger partial charge in [0.15, 0.2) is 0 Å². The summed E-state index contributed by atoms with van der Waals surface area (Å²) in [5.41, 5.74) is -0.495. The Labute approximate surface area is 79.0 Å². The number of nitrogens with zero attached hydrogens (tertiary/aromatic N) is 1. The Morgan fingerprint density at radius 2 is 2.07 bits per heavy atom. The minimum Gasteiger partial charge on any atom is -0.497 e. The van der Waals surface area contributed by atoms with Crippen LogP contribution in [0.4, 0.5) is 13.2 Å². The van der Waals surface area contributed by atoms with E-state index in [4.69, 9.17) is 4.74 Å². The zero-order chi connectivity index (χ0) is 10.8. The van der Waals surface area contributed by atoms with Gasteiger partial charge in [0.2, 0.25) is 0 Å². The first-order valence-electron chi connectivity index (χ1n) is 3.71. The standard InChI is InChI=1S/C9H8F3NO/c1-6(14-2)7-3-4-8(13-5-7)9(10,11)12/h3-5H,1H2,2H3. The Kier molecular flexibility index (Phi) is 2.78. The van der Waals surface area contributed by atoms with Crippen molar-refractivity contribution in [2.24, 2.45) is 0 Å². The molecule has 0 bridgehead atoms. The maximum absolute atomic E-state index is 12.1. The summed E-state index contributed by atoms with van der Waals surface area (Å²) in [6, 6.07) is 2.15. The van der Waals surface area contributed by atoms with E-state index in [1.165, 1.54) is 13.2 Å². The van der Waals surface area contributed by atoms with Crippen LogP contribution in [0.1, 0.15) is 11.3 Å². The van der Waals surface area contributed by atoms with Crippen LogP contribution in [0.25, 0.3) is 5.76 Å². The Morgan fingerprint density at radius 3 is 2.43 bits per heavy atom. The molecular weight excluding hydrogens is 195 g/mol. The van der Waals surface area contributed by atoms with Crippen LogP contribution in [-0.4, -0.2) is 12.1 Å². The summed E-state index contributed by atoms with van der Waals surface area (Å²) in [4.78, 5) is 3.25. The molecule has 0 aliphatic rings. The number of aromatic nitrogens is 1. The molecule has 76 valence electrons. The van der Waals surface area contributed by atoms with Gasteiger partial charge in [0.1, 0.15) is 11.5 Å². The largest absolute Gasteiger partial charge is 0.497 e. The van der Waals surface area contributed by atoms with Crippen LogP contribution in [0.2, 0.25) is 0 Å². The monoisotopic (exact) mass is 203 g/mol. The van der Waals surface area contributed by atoms with Crippen molar-refractivity contribution in [3.63, 3.8) is 0 Å². The summed E-state index contributed by atoms with van der Waals surface area (Å²) in [6.07, 6.45) is -3.33. The molecule has 0 radical (unpaired) electrons. The Morgan fingerprint density at radius 1 is 1.43 bits per heavy atom. The molecule has 0 aliphatic heterocycles. The van der Waals surface area contributed by atoms with Gasteiger partial charge in [0.25, 0.3) is 0 Å². The molecule has 0 amide bonds. The third kappa shape index (κ3) is 2.25. The highest BCUT2D eigenvalue weighted by atomic mass is 19.4. The fourth-order valence-corrected chi connectivity index (χ4v) is 0.844. The van der Waals surface area contributed by atoms with Crippen LogP contribution in [0.5, 0.6) is 0 Å². The molecule has 0 aliphatic carbocycles. The molecule has 14 heavy (non-hydrogen) atoms. The SMILES string of the molecule is C=C(OC)c1ccc(C(F)(F)F)nc1. The van der Waals surface area contributed by atoms with Crippen LogP contribution in [0.15, 0.2) is 24.9 Å². The second-order valence-corrected chi connectivity index (χ2v) is 2.56. The highest BCUT2D eigenvalue weighted by Crippen LogP contribution is 2.27. The van der Waals surface area contributed by atoms with Crippen LogP contribution in [0.3, 0.4) is 0 Å². The predicted octanol–water partition coefficient (Wildman–Crippen LogP) is 2.72. The van der Waals surface area contributed by atoms with Crippen molar-refractivity contribution >= 4 is 5.76 Å². The van der Waals surface area contributed by atoms with Gasteiger partial charge in [-0.3, -0.25) is 4.98 Å². The summed E-state index contributed by atoms with van der Waals surface area (Å²) >= 11 is 0. The highest BCUT2D eigenvalue weighted by molar-refractivity contribution is 5.56. The maximum Gasteiger partial charge on any atom is 0.433 e. The molecule has 0 aromatic carbocycles. The molecule has 0 saturated carbocycles. The Hall–Kier alpha value is -1.52. The van der Waals surface area contributed by atoms with E-state index in [0.717, 1.165) is 12.3 Å². The minimum atomic E-state index is -4.41. The molecule has 0 spiro atoms. The number of ether oxygens (including phenoxy) is 1. The third-order valence-corrected chi connectivity index (χ3v) is 1.62. The zero-order valence-corrected chi connectivity index (χ0v) is 7.43. The number of hydrogen-bond acceptors (Lipinski definition) is 2. The molecule has 2 nitrogen and oxygen atoms in total. The first-order valence-corrected chi connectivity index (χ1v) is 3.71. The van der Waals surface area contributed by atoms with Gasteiger partial charge in [-0.2, -0.15) is 13.2 Å². The van der Waals surface area contributed by atoms with E-state index in [9.17, 15) is 13.2 Å². The lowest BCUT2D eigenvalue weighted by molar-refractivity contribution is -0.141. The van der Waals surface area contributed by atoms with Gasteiger partial charge >= 0.3 is 6.18 Å². The summed E-state index contributed by atoms with van der Waals surface area (Å²) in [7, 11) is 1.39. The molecule has 0 saturated heterocycles. The van der Waals surface area contributed by atoms with Crippen LogP contribution < -0.4 is 0 Å². The van der Waals surface area contributed by atoms with Gasteiger partial charge in [-0.1, -0.05) is 6.58 Å². The minimum absolute atomic E-state index is 0.284. The molecule has 1 aromatic rings. The highest BCUT2D eigenvalue weighted by Gasteiger charge is 2.32. The van der Waals surface area contributed by atoms with Crippen LogP contribution >= 0.6 is 0 Å². The lowest BCUT2D eigenvalue weighted by Gasteiger charge is -2.07. The first kappa shape index (κ1) is 10.6. The number of hydrogen-bond donors (Lipinski definition) is 0. The first-order chi connectivity index (χ1) is 6.45. The second-order valence-electron chi connectivity index (χ2n) is 2.56. The molecular formula is C9H8F3NO. The molecule has 1 rings (SSSR count). The predicted molar refractivity (Wildman–Crippen MR) is 45.3 cm³/mol. The molecule has 0 unspecified atom stereocenters. The summed E-state index contributed by atoms with van der Waals surface area (Å²) < 4.78 is 41.0. The van der Waals surface area contributed by atoms with E-state index in [1.807, 2.05) is 0 Å². The lowest BCUT2D eigenvalue weighted by Crippen LogP contribution is -2.07. The zero-order valence-electron chi connectivity index (χ0n) is 7.43. The second kappa shape index (κ2) is 3.69. The fourth-order valence-electron chi connectivity index (χ4n) is 0.844. The molecule has 0 fully saturated rings. The maximum atomic E-state index is 12.1. The van der Waals surface area contributed by atoms with Crippen molar-refractivity contribution in [3.8, 4) is 0 Å². The molecule has 1 heterocycles. The van der Waals surface area contributed by atoms with Crippen molar-refractivity contribution in [1.29, 1.82) is 0 Å². The fraction of sp³-hybridized carbons (Fsp3) is 0.222. The normalized spacial score (nSPS) is 11.1. The number of pyridine rings is 1. The summed E-state index contributed by atoms with van der Waals surface area (Å²) in [5, 5.41) is 0. The molecule has 0 N–H and O–H groups in total. The molecule has 0 atom stereocenters. The van der Waals surface area contributed by atoms with E-state index in [-0.39, 0.29) is 5.76 Å². The van der Waals surface area contributed by atoms with Crippen molar-refractivity contribution < 1.29 is 17.9 Å². The van der Waals surface area contributed by atoms with E-state index >= 15 is 0 Å². The third-order valence-electron chi connectivity index (χ3n) is 1.62. The van der Waals surface area contributed by atoms with Gasteiger partial charge in [0, 0.05) is 11.8 Å². The van der Waals surface area contributed by atoms with Crippen molar-refractivity contribution in [3.05, 3.63) is 36.2 Å². The van der Waals surface area contributed by atoms with Gasteiger partial charge in [-0.05, 0) is 12.1 Å². The van der Waals surface area contributed by atoms with Crippen molar-refractivity contribution in [2.75, 3.05) is 7.11 Å². The summed E-state index contributed by atoms with van der Waals surface area (Å²) in [6.45, 7) is 3.49. The topological polar surface area (TPSA) is 22.1 Å².